The number of pyridine rings is 1. The Balaban J connectivity index is 2.15. The van der Waals surface area contributed by atoms with Gasteiger partial charge in [0, 0.05) is 12.6 Å². The van der Waals surface area contributed by atoms with Crippen molar-refractivity contribution in [2.24, 2.45) is 0 Å². The van der Waals surface area contributed by atoms with Gasteiger partial charge in [-0.05, 0) is 12.1 Å². The zero-order chi connectivity index (χ0) is 12.1. The molecule has 0 aromatic carbocycles. The molecule has 0 aliphatic rings. The van der Waals surface area contributed by atoms with E-state index >= 15 is 0 Å². The SMILES string of the molecule is C=CCc1[nH]ncc1C(=O)Nc1ccccn1. The lowest BCUT2D eigenvalue weighted by atomic mass is 10.2. The van der Waals surface area contributed by atoms with E-state index in [9.17, 15) is 4.79 Å². The van der Waals surface area contributed by atoms with Crippen LogP contribution in [0.3, 0.4) is 0 Å². The van der Waals surface area contributed by atoms with Crippen LogP contribution >= 0.6 is 0 Å². The molecule has 0 saturated heterocycles. The Morgan fingerprint density at radius 2 is 2.41 bits per heavy atom. The Morgan fingerprint density at radius 3 is 3.12 bits per heavy atom. The number of aromatic nitrogens is 3. The van der Waals surface area contributed by atoms with E-state index < -0.39 is 0 Å². The Bertz CT molecular complexity index is 518. The van der Waals surface area contributed by atoms with Crippen molar-refractivity contribution in [3.8, 4) is 0 Å². The largest absolute Gasteiger partial charge is 0.306 e. The minimum Gasteiger partial charge on any atom is -0.306 e. The minimum absolute atomic E-state index is 0.227. The summed E-state index contributed by atoms with van der Waals surface area (Å²) in [6, 6.07) is 5.32. The van der Waals surface area contributed by atoms with Gasteiger partial charge in [0.05, 0.1) is 17.5 Å². The van der Waals surface area contributed by atoms with Gasteiger partial charge in [0.15, 0.2) is 0 Å². The first-order chi connectivity index (χ1) is 8.31. The van der Waals surface area contributed by atoms with Crippen LogP contribution < -0.4 is 5.32 Å². The molecule has 5 nitrogen and oxygen atoms in total. The molecule has 5 heteroatoms. The standard InChI is InChI=1S/C12H12N4O/c1-2-5-10-9(8-14-16-10)12(17)15-11-6-3-4-7-13-11/h2-4,6-8H,1,5H2,(H,14,16)(H,13,15,17). The Kier molecular flexibility index (Phi) is 3.30. The first kappa shape index (κ1) is 11.1. The highest BCUT2D eigenvalue weighted by molar-refractivity contribution is 6.04. The van der Waals surface area contributed by atoms with Crippen molar-refractivity contribution in [1.82, 2.24) is 15.2 Å². The average molecular weight is 228 g/mol. The molecule has 0 aliphatic carbocycles. The van der Waals surface area contributed by atoms with Crippen molar-refractivity contribution >= 4 is 11.7 Å². The molecular formula is C12H12N4O. The van der Waals surface area contributed by atoms with E-state index in [0.717, 1.165) is 5.69 Å². The molecule has 2 heterocycles. The third kappa shape index (κ3) is 2.57. The molecule has 1 amide bonds. The van der Waals surface area contributed by atoms with Crippen LogP contribution in [0.2, 0.25) is 0 Å². The number of rotatable bonds is 4. The molecule has 0 bridgehead atoms. The highest BCUT2D eigenvalue weighted by atomic mass is 16.1. The van der Waals surface area contributed by atoms with Crippen LogP contribution in [0.15, 0.2) is 43.2 Å². The normalized spacial score (nSPS) is 9.88. The molecule has 0 atom stereocenters. The van der Waals surface area contributed by atoms with Gasteiger partial charge < -0.3 is 5.32 Å². The number of carbonyl (C=O) groups excluding carboxylic acids is 1. The fourth-order valence-electron chi connectivity index (χ4n) is 1.43. The van der Waals surface area contributed by atoms with Gasteiger partial charge in [0.1, 0.15) is 5.82 Å². The highest BCUT2D eigenvalue weighted by Gasteiger charge is 2.12. The molecule has 0 spiro atoms. The summed E-state index contributed by atoms with van der Waals surface area (Å²) < 4.78 is 0. The molecule has 2 rings (SSSR count). The van der Waals surface area contributed by atoms with E-state index in [1.807, 2.05) is 6.07 Å². The number of nitrogens with one attached hydrogen (secondary N) is 2. The van der Waals surface area contributed by atoms with E-state index in [4.69, 9.17) is 0 Å². The number of hydrogen-bond donors (Lipinski definition) is 2. The summed E-state index contributed by atoms with van der Waals surface area (Å²) in [7, 11) is 0. The second-order valence-electron chi connectivity index (χ2n) is 3.42. The maximum Gasteiger partial charge on any atom is 0.260 e. The second-order valence-corrected chi connectivity index (χ2v) is 3.42. The first-order valence-corrected chi connectivity index (χ1v) is 5.17. The van der Waals surface area contributed by atoms with Crippen LogP contribution in [0.4, 0.5) is 5.82 Å². The lowest BCUT2D eigenvalue weighted by Gasteiger charge is -2.03. The van der Waals surface area contributed by atoms with Crippen molar-refractivity contribution in [2.75, 3.05) is 5.32 Å². The predicted molar refractivity (Wildman–Crippen MR) is 64.7 cm³/mol. The molecule has 17 heavy (non-hydrogen) atoms. The Labute approximate surface area is 98.6 Å². The van der Waals surface area contributed by atoms with Crippen LogP contribution in [-0.2, 0) is 6.42 Å². The van der Waals surface area contributed by atoms with Gasteiger partial charge >= 0.3 is 0 Å². The number of nitrogens with zero attached hydrogens (tertiary/aromatic N) is 2. The third-order valence-corrected chi connectivity index (χ3v) is 2.22. The summed E-state index contributed by atoms with van der Waals surface area (Å²) >= 11 is 0. The fourth-order valence-corrected chi connectivity index (χ4v) is 1.43. The summed E-state index contributed by atoms with van der Waals surface area (Å²) in [5, 5.41) is 9.32. The topological polar surface area (TPSA) is 70.7 Å². The van der Waals surface area contributed by atoms with E-state index in [0.29, 0.717) is 17.8 Å². The highest BCUT2D eigenvalue weighted by Crippen LogP contribution is 2.09. The summed E-state index contributed by atoms with van der Waals surface area (Å²) in [4.78, 5) is 15.9. The first-order valence-electron chi connectivity index (χ1n) is 5.17. The summed E-state index contributed by atoms with van der Waals surface area (Å²) in [5.74, 6) is 0.289. The number of carbonyl (C=O) groups is 1. The number of amides is 1. The van der Waals surface area contributed by atoms with Gasteiger partial charge in [-0.1, -0.05) is 12.1 Å². The van der Waals surface area contributed by atoms with Gasteiger partial charge in [-0.25, -0.2) is 4.98 Å². The van der Waals surface area contributed by atoms with Crippen molar-refractivity contribution in [3.63, 3.8) is 0 Å². The van der Waals surface area contributed by atoms with Gasteiger partial charge in [-0.15, -0.1) is 6.58 Å². The molecule has 0 saturated carbocycles. The lowest BCUT2D eigenvalue weighted by molar-refractivity contribution is 0.102. The fraction of sp³-hybridized carbons (Fsp3) is 0.0833. The molecule has 2 aromatic rings. The van der Waals surface area contributed by atoms with Gasteiger partial charge in [-0.2, -0.15) is 5.10 Å². The van der Waals surface area contributed by atoms with Gasteiger partial charge in [0.25, 0.3) is 5.91 Å². The molecule has 2 N–H and O–H groups in total. The Morgan fingerprint density at radius 1 is 1.53 bits per heavy atom. The quantitative estimate of drug-likeness (QED) is 0.784. The van der Waals surface area contributed by atoms with Crippen molar-refractivity contribution < 1.29 is 4.79 Å². The van der Waals surface area contributed by atoms with Crippen LogP contribution in [-0.4, -0.2) is 21.1 Å². The van der Waals surface area contributed by atoms with Gasteiger partial charge in [0.2, 0.25) is 0 Å². The molecular weight excluding hydrogens is 216 g/mol. The average Bonchev–Trinajstić information content (AvgIpc) is 2.79. The van der Waals surface area contributed by atoms with E-state index in [1.54, 1.807) is 24.4 Å². The summed E-state index contributed by atoms with van der Waals surface area (Å²) in [6.45, 7) is 3.63. The monoisotopic (exact) mass is 228 g/mol. The van der Waals surface area contributed by atoms with Crippen molar-refractivity contribution in [2.45, 2.75) is 6.42 Å². The van der Waals surface area contributed by atoms with Crippen LogP contribution in [0, 0.1) is 0 Å². The molecule has 0 radical (unpaired) electrons. The summed E-state index contributed by atoms with van der Waals surface area (Å²) in [6.07, 6.45) is 5.41. The van der Waals surface area contributed by atoms with Crippen molar-refractivity contribution in [1.29, 1.82) is 0 Å². The minimum atomic E-state index is -0.227. The summed E-state index contributed by atoms with van der Waals surface area (Å²) in [5.41, 5.74) is 1.25. The third-order valence-electron chi connectivity index (χ3n) is 2.22. The van der Waals surface area contributed by atoms with E-state index in [2.05, 4.69) is 27.1 Å². The number of anilines is 1. The predicted octanol–water partition coefficient (Wildman–Crippen LogP) is 1.79. The Hall–Kier alpha value is -2.43. The van der Waals surface area contributed by atoms with Crippen LogP contribution in [0.1, 0.15) is 16.1 Å². The number of allylic oxidation sites excluding steroid dienone is 1. The zero-order valence-electron chi connectivity index (χ0n) is 9.18. The van der Waals surface area contributed by atoms with Crippen LogP contribution in [0.25, 0.3) is 0 Å². The van der Waals surface area contributed by atoms with E-state index in [-0.39, 0.29) is 5.91 Å². The second kappa shape index (κ2) is 5.07. The van der Waals surface area contributed by atoms with Crippen LogP contribution in [0.5, 0.6) is 0 Å². The lowest BCUT2D eigenvalue weighted by Crippen LogP contribution is -2.13. The molecule has 86 valence electrons. The molecule has 0 aliphatic heterocycles. The maximum atomic E-state index is 11.9. The van der Waals surface area contributed by atoms with E-state index in [1.165, 1.54) is 6.20 Å². The molecule has 2 aromatic heterocycles. The van der Waals surface area contributed by atoms with Gasteiger partial charge in [-0.3, -0.25) is 9.89 Å². The zero-order valence-corrected chi connectivity index (χ0v) is 9.18. The smallest absolute Gasteiger partial charge is 0.260 e. The maximum absolute atomic E-state index is 11.9. The molecule has 0 unspecified atom stereocenters. The molecule has 0 fully saturated rings. The number of H-pyrrole nitrogens is 1. The number of aromatic amines is 1. The van der Waals surface area contributed by atoms with Crippen molar-refractivity contribution in [3.05, 3.63) is 54.5 Å². The number of hydrogen-bond acceptors (Lipinski definition) is 3.